The molecule has 1 unspecified atom stereocenters. The first-order valence-electron chi connectivity index (χ1n) is 10.8. The van der Waals surface area contributed by atoms with Crippen LogP contribution in [-0.2, 0) is 20.9 Å². The quantitative estimate of drug-likeness (QED) is 0.189. The summed E-state index contributed by atoms with van der Waals surface area (Å²) >= 11 is 1.30. The summed E-state index contributed by atoms with van der Waals surface area (Å²) in [5.41, 5.74) is 0.491. The number of ether oxygens (including phenoxy) is 2. The van der Waals surface area contributed by atoms with Crippen molar-refractivity contribution in [1.29, 1.82) is 0 Å². The lowest BCUT2D eigenvalue weighted by Crippen LogP contribution is -2.71. The summed E-state index contributed by atoms with van der Waals surface area (Å²) in [4.78, 5) is 65.0. The molecule has 11 nitrogen and oxygen atoms in total. The number of nitrogens with zero attached hydrogens (tertiary/aromatic N) is 3. The maximum absolute atomic E-state index is 13.2. The molecule has 2 aromatic rings. The Labute approximate surface area is 208 Å². The van der Waals surface area contributed by atoms with Crippen molar-refractivity contribution < 1.29 is 33.6 Å². The Kier molecular flexibility index (Phi) is 5.75. The topological polar surface area (TPSA) is 136 Å². The van der Waals surface area contributed by atoms with E-state index in [9.17, 15) is 29.3 Å². The minimum atomic E-state index is -1.18. The van der Waals surface area contributed by atoms with Gasteiger partial charge in [0.25, 0.3) is 23.4 Å². The highest BCUT2D eigenvalue weighted by atomic mass is 32.2. The molecule has 12 heteroatoms. The molecule has 3 aliphatic rings. The van der Waals surface area contributed by atoms with Gasteiger partial charge in [0.15, 0.2) is 0 Å². The number of amides is 3. The number of esters is 1. The van der Waals surface area contributed by atoms with Gasteiger partial charge in [0.2, 0.25) is 0 Å². The number of nitro groups is 1. The molecule has 36 heavy (non-hydrogen) atoms. The third-order valence-corrected chi connectivity index (χ3v) is 7.66. The van der Waals surface area contributed by atoms with Crippen molar-refractivity contribution in [2.45, 2.75) is 24.9 Å². The Hall–Kier alpha value is -4.19. The third kappa shape index (κ3) is 3.52. The molecule has 3 aliphatic heterocycles. The zero-order valence-corrected chi connectivity index (χ0v) is 19.9. The first-order valence-corrected chi connectivity index (χ1v) is 11.9. The normalized spacial score (nSPS) is 20.7. The van der Waals surface area contributed by atoms with Crippen LogP contribution in [0.3, 0.4) is 0 Å². The van der Waals surface area contributed by atoms with Crippen molar-refractivity contribution in [2.75, 3.05) is 12.9 Å². The standard InChI is InChI=1S/C24H19N3O8S/c1-12-11-36-23-19(25-20(28)15-4-3-5-16(27(32)33)17(15)21(25)29)22(30)26(23)18(12)24(31)35-10-13-6-8-14(34-2)9-7-13/h3-9,19,23H,10-11H2,1-2H3/t19?,23-/m1/s1. The van der Waals surface area contributed by atoms with Crippen LogP contribution in [0.25, 0.3) is 0 Å². The van der Waals surface area contributed by atoms with Gasteiger partial charge in [0.1, 0.15) is 35.0 Å². The summed E-state index contributed by atoms with van der Waals surface area (Å²) in [6, 6.07) is 9.56. The van der Waals surface area contributed by atoms with Gasteiger partial charge in [-0.05, 0) is 36.3 Å². The Bertz CT molecular complexity index is 1370. The predicted octanol–water partition coefficient (Wildman–Crippen LogP) is 2.50. The molecule has 0 spiro atoms. The molecule has 2 aromatic carbocycles. The molecule has 5 rings (SSSR count). The van der Waals surface area contributed by atoms with Crippen molar-refractivity contribution in [2.24, 2.45) is 0 Å². The van der Waals surface area contributed by atoms with Crippen LogP contribution in [0.15, 0.2) is 53.7 Å². The average molecular weight is 509 g/mol. The number of carbonyl (C=O) groups is 4. The summed E-state index contributed by atoms with van der Waals surface area (Å²) in [6.45, 7) is 1.68. The van der Waals surface area contributed by atoms with Gasteiger partial charge in [0.05, 0.1) is 17.6 Å². The van der Waals surface area contributed by atoms with Gasteiger partial charge < -0.3 is 9.47 Å². The number of methoxy groups -OCH3 is 1. The van der Waals surface area contributed by atoms with Gasteiger partial charge in [-0.3, -0.25) is 34.3 Å². The monoisotopic (exact) mass is 509 g/mol. The summed E-state index contributed by atoms with van der Waals surface area (Å²) in [5.74, 6) is -1.95. The maximum Gasteiger partial charge on any atom is 0.355 e. The second kappa shape index (κ2) is 8.79. The highest BCUT2D eigenvalue weighted by Crippen LogP contribution is 2.45. The molecule has 0 bridgehead atoms. The minimum absolute atomic E-state index is 0.0229. The van der Waals surface area contributed by atoms with E-state index in [1.54, 1.807) is 38.3 Å². The van der Waals surface area contributed by atoms with E-state index in [1.807, 2.05) is 0 Å². The smallest absolute Gasteiger partial charge is 0.355 e. The largest absolute Gasteiger partial charge is 0.497 e. The van der Waals surface area contributed by atoms with Crippen LogP contribution in [0.1, 0.15) is 33.2 Å². The highest BCUT2D eigenvalue weighted by Gasteiger charge is 2.60. The molecule has 184 valence electrons. The van der Waals surface area contributed by atoms with Crippen LogP contribution in [0, 0.1) is 10.1 Å². The Morgan fingerprint density at radius 3 is 2.50 bits per heavy atom. The number of β-lactam (4-membered cyclic amide) rings is 1. The Morgan fingerprint density at radius 2 is 1.83 bits per heavy atom. The molecular weight excluding hydrogens is 490 g/mol. The van der Waals surface area contributed by atoms with Gasteiger partial charge in [0, 0.05) is 11.8 Å². The van der Waals surface area contributed by atoms with E-state index in [0.717, 1.165) is 16.5 Å². The highest BCUT2D eigenvalue weighted by molar-refractivity contribution is 8.00. The first kappa shape index (κ1) is 23.5. The van der Waals surface area contributed by atoms with Crippen LogP contribution in [0.5, 0.6) is 5.75 Å². The SMILES string of the molecule is COc1ccc(COC(=O)C2=C(C)CS[C@@H]3C(N4C(=O)c5cccc([N+](=O)[O-])c5C4=O)C(=O)N23)cc1. The van der Waals surface area contributed by atoms with Gasteiger partial charge in [-0.25, -0.2) is 4.79 Å². The fourth-order valence-electron chi connectivity index (χ4n) is 4.48. The van der Waals surface area contributed by atoms with Crippen molar-refractivity contribution in [3.05, 3.63) is 80.5 Å². The number of nitro benzene ring substituents is 1. The molecule has 0 aromatic heterocycles. The van der Waals surface area contributed by atoms with E-state index in [1.165, 1.54) is 28.8 Å². The zero-order chi connectivity index (χ0) is 25.7. The lowest BCUT2D eigenvalue weighted by molar-refractivity contribution is -0.385. The second-order valence-corrected chi connectivity index (χ2v) is 9.45. The predicted molar refractivity (Wildman–Crippen MR) is 126 cm³/mol. The Balaban J connectivity index is 1.35. The first-order chi connectivity index (χ1) is 17.2. The fourth-order valence-corrected chi connectivity index (χ4v) is 5.81. The van der Waals surface area contributed by atoms with Gasteiger partial charge >= 0.3 is 5.97 Å². The molecule has 0 saturated carbocycles. The van der Waals surface area contributed by atoms with E-state index in [4.69, 9.17) is 9.47 Å². The molecule has 1 fully saturated rings. The zero-order valence-electron chi connectivity index (χ0n) is 19.1. The number of rotatable bonds is 6. The molecule has 3 heterocycles. The molecule has 2 atom stereocenters. The molecular formula is C24H19N3O8S. The van der Waals surface area contributed by atoms with Crippen LogP contribution in [0.4, 0.5) is 5.69 Å². The number of hydrogen-bond acceptors (Lipinski definition) is 9. The van der Waals surface area contributed by atoms with Gasteiger partial charge in [-0.1, -0.05) is 18.2 Å². The number of hydrogen-bond donors (Lipinski definition) is 0. The summed E-state index contributed by atoms with van der Waals surface area (Å²) < 4.78 is 10.6. The third-order valence-electron chi connectivity index (χ3n) is 6.25. The molecule has 1 saturated heterocycles. The van der Waals surface area contributed by atoms with Gasteiger partial charge in [-0.15, -0.1) is 11.8 Å². The fraction of sp³-hybridized carbons (Fsp3) is 0.250. The summed E-state index contributed by atoms with van der Waals surface area (Å²) in [6.07, 6.45) is 0. The lowest BCUT2D eigenvalue weighted by atomic mass is 10.0. The lowest BCUT2D eigenvalue weighted by Gasteiger charge is -2.51. The van der Waals surface area contributed by atoms with Gasteiger partial charge in [-0.2, -0.15) is 0 Å². The van der Waals surface area contributed by atoms with Crippen molar-refractivity contribution >= 4 is 41.1 Å². The Morgan fingerprint density at radius 1 is 1.11 bits per heavy atom. The van der Waals surface area contributed by atoms with Crippen molar-refractivity contribution in [3.63, 3.8) is 0 Å². The van der Waals surface area contributed by atoms with E-state index >= 15 is 0 Å². The number of carbonyl (C=O) groups excluding carboxylic acids is 4. The van der Waals surface area contributed by atoms with Crippen LogP contribution >= 0.6 is 11.8 Å². The summed E-state index contributed by atoms with van der Waals surface area (Å²) in [7, 11) is 1.54. The van der Waals surface area contributed by atoms with E-state index < -0.39 is 45.7 Å². The molecule has 0 aliphatic carbocycles. The average Bonchev–Trinajstić information content (AvgIpc) is 3.12. The molecule has 3 amide bonds. The minimum Gasteiger partial charge on any atom is -0.497 e. The number of imide groups is 1. The van der Waals surface area contributed by atoms with E-state index in [0.29, 0.717) is 17.1 Å². The van der Waals surface area contributed by atoms with Crippen molar-refractivity contribution in [3.8, 4) is 5.75 Å². The van der Waals surface area contributed by atoms with E-state index in [2.05, 4.69) is 0 Å². The summed E-state index contributed by atoms with van der Waals surface area (Å²) in [5, 5.41) is 10.7. The number of fused-ring (bicyclic) bond motifs is 2. The van der Waals surface area contributed by atoms with Crippen LogP contribution in [-0.4, -0.2) is 62.7 Å². The second-order valence-electron chi connectivity index (χ2n) is 8.34. The number of thioether (sulfide) groups is 1. The molecule has 0 radical (unpaired) electrons. The van der Waals surface area contributed by atoms with E-state index in [-0.39, 0.29) is 23.4 Å². The van der Waals surface area contributed by atoms with Crippen LogP contribution < -0.4 is 4.74 Å². The maximum atomic E-state index is 13.2. The van der Waals surface area contributed by atoms with Crippen molar-refractivity contribution in [1.82, 2.24) is 9.80 Å². The number of benzene rings is 2. The van der Waals surface area contributed by atoms with Crippen LogP contribution in [0.2, 0.25) is 0 Å². The molecule has 0 N–H and O–H groups in total.